The second-order valence-electron chi connectivity index (χ2n) is 4.84. The summed E-state index contributed by atoms with van der Waals surface area (Å²) in [4.78, 5) is 13.5. The maximum Gasteiger partial charge on any atom is 0.409 e. The first-order chi connectivity index (χ1) is 10.1. The van der Waals surface area contributed by atoms with E-state index in [0.29, 0.717) is 13.2 Å². The fourth-order valence-corrected chi connectivity index (χ4v) is 2.13. The number of carbonyl (C=O) groups is 1. The first-order valence-electron chi connectivity index (χ1n) is 6.81. The topological polar surface area (TPSA) is 29.5 Å². The summed E-state index contributed by atoms with van der Waals surface area (Å²) in [5.74, 6) is 0. The van der Waals surface area contributed by atoms with Gasteiger partial charge in [0.15, 0.2) is 0 Å². The molecule has 2 aromatic rings. The number of amides is 1. The van der Waals surface area contributed by atoms with Crippen molar-refractivity contribution in [1.29, 1.82) is 0 Å². The van der Waals surface area contributed by atoms with Crippen LogP contribution in [0.25, 0.3) is 0 Å². The summed E-state index contributed by atoms with van der Waals surface area (Å²) in [6.45, 7) is 0.942. The van der Waals surface area contributed by atoms with Gasteiger partial charge in [-0.2, -0.15) is 0 Å². The van der Waals surface area contributed by atoms with E-state index in [-0.39, 0.29) is 6.09 Å². The van der Waals surface area contributed by atoms with Crippen LogP contribution in [0, 0.1) is 0 Å². The van der Waals surface area contributed by atoms with Crippen LogP contribution in [0.2, 0.25) is 0 Å². The highest BCUT2D eigenvalue weighted by Crippen LogP contribution is 2.11. The average Bonchev–Trinajstić information content (AvgIpc) is 2.52. The van der Waals surface area contributed by atoms with Crippen LogP contribution in [-0.2, 0) is 17.8 Å². The molecule has 0 saturated carbocycles. The number of hydrogen-bond acceptors (Lipinski definition) is 2. The molecule has 0 spiro atoms. The van der Waals surface area contributed by atoms with Crippen LogP contribution >= 0.6 is 15.9 Å². The highest BCUT2D eigenvalue weighted by atomic mass is 79.9. The Balaban J connectivity index is 1.76. The fourth-order valence-electron chi connectivity index (χ4n) is 1.87. The van der Waals surface area contributed by atoms with Gasteiger partial charge >= 0.3 is 6.09 Å². The maximum absolute atomic E-state index is 11.9. The molecule has 2 aromatic carbocycles. The van der Waals surface area contributed by atoms with Gasteiger partial charge in [0, 0.05) is 18.1 Å². The third kappa shape index (κ3) is 5.23. The summed E-state index contributed by atoms with van der Waals surface area (Å²) >= 11 is 3.41. The molecule has 0 atom stereocenters. The second-order valence-corrected chi connectivity index (χ2v) is 5.75. The summed E-state index contributed by atoms with van der Waals surface area (Å²) in [5, 5.41) is 0. The lowest BCUT2D eigenvalue weighted by atomic mass is 10.1. The smallest absolute Gasteiger partial charge is 0.409 e. The van der Waals surface area contributed by atoms with Crippen molar-refractivity contribution >= 4 is 22.0 Å². The minimum absolute atomic E-state index is 0.295. The monoisotopic (exact) mass is 347 g/mol. The van der Waals surface area contributed by atoms with E-state index in [1.165, 1.54) is 5.56 Å². The van der Waals surface area contributed by atoms with Gasteiger partial charge in [0.05, 0.1) is 0 Å². The van der Waals surface area contributed by atoms with Gasteiger partial charge in [0.2, 0.25) is 0 Å². The summed E-state index contributed by atoms with van der Waals surface area (Å²) < 4.78 is 6.33. The molecule has 2 rings (SSSR count). The van der Waals surface area contributed by atoms with E-state index in [1.807, 2.05) is 54.6 Å². The maximum atomic E-state index is 11.9. The number of rotatable bonds is 5. The fraction of sp³-hybridized carbons (Fsp3) is 0.235. The predicted molar refractivity (Wildman–Crippen MR) is 87.1 cm³/mol. The minimum Gasteiger partial charge on any atom is -0.445 e. The van der Waals surface area contributed by atoms with E-state index >= 15 is 0 Å². The van der Waals surface area contributed by atoms with Crippen molar-refractivity contribution in [2.24, 2.45) is 0 Å². The van der Waals surface area contributed by atoms with Gasteiger partial charge in [-0.3, -0.25) is 0 Å². The van der Waals surface area contributed by atoms with Crippen LogP contribution in [0.3, 0.4) is 0 Å². The summed E-state index contributed by atoms with van der Waals surface area (Å²) in [6, 6.07) is 17.8. The molecule has 1 amide bonds. The Morgan fingerprint density at radius 3 is 2.38 bits per heavy atom. The van der Waals surface area contributed by atoms with Gasteiger partial charge in [-0.1, -0.05) is 58.4 Å². The van der Waals surface area contributed by atoms with E-state index in [0.717, 1.165) is 16.5 Å². The minimum atomic E-state index is -0.295. The molecule has 0 fully saturated rings. The first-order valence-corrected chi connectivity index (χ1v) is 7.61. The lowest BCUT2D eigenvalue weighted by Crippen LogP contribution is -2.29. The summed E-state index contributed by atoms with van der Waals surface area (Å²) in [5.41, 5.74) is 2.19. The molecule has 0 unspecified atom stereocenters. The molecular weight excluding hydrogens is 330 g/mol. The van der Waals surface area contributed by atoms with Crippen LogP contribution in [0.1, 0.15) is 11.1 Å². The predicted octanol–water partition coefficient (Wildman–Crippen LogP) is 4.26. The molecule has 0 radical (unpaired) electrons. The normalized spacial score (nSPS) is 10.2. The molecule has 0 aliphatic heterocycles. The first kappa shape index (κ1) is 15.6. The molecule has 110 valence electrons. The molecule has 21 heavy (non-hydrogen) atoms. The van der Waals surface area contributed by atoms with E-state index < -0.39 is 0 Å². The van der Waals surface area contributed by atoms with Gasteiger partial charge in [0.1, 0.15) is 6.61 Å². The van der Waals surface area contributed by atoms with Crippen LogP contribution in [0.4, 0.5) is 4.79 Å². The van der Waals surface area contributed by atoms with Crippen molar-refractivity contribution in [1.82, 2.24) is 4.90 Å². The molecule has 0 saturated heterocycles. The molecule has 3 nitrogen and oxygen atoms in total. The van der Waals surface area contributed by atoms with Crippen molar-refractivity contribution in [3.8, 4) is 0 Å². The van der Waals surface area contributed by atoms with Crippen molar-refractivity contribution in [2.75, 3.05) is 13.6 Å². The van der Waals surface area contributed by atoms with E-state index in [1.54, 1.807) is 11.9 Å². The lowest BCUT2D eigenvalue weighted by Gasteiger charge is -2.17. The standard InChI is InChI=1S/C17H18BrNO2/c1-19(12-11-14-7-9-16(18)10-8-14)17(20)21-13-15-5-3-2-4-6-15/h2-10H,11-13H2,1H3. The molecule has 0 aromatic heterocycles. The van der Waals surface area contributed by atoms with Crippen LogP contribution < -0.4 is 0 Å². The lowest BCUT2D eigenvalue weighted by molar-refractivity contribution is 0.105. The Kier molecular flexibility index (Phi) is 5.81. The number of halogens is 1. The Bertz CT molecular complexity index is 569. The Morgan fingerprint density at radius 1 is 1.05 bits per heavy atom. The average molecular weight is 348 g/mol. The Labute approximate surface area is 133 Å². The van der Waals surface area contributed by atoms with E-state index in [4.69, 9.17) is 4.74 Å². The van der Waals surface area contributed by atoms with Crippen molar-refractivity contribution in [2.45, 2.75) is 13.0 Å². The van der Waals surface area contributed by atoms with Gasteiger partial charge < -0.3 is 9.64 Å². The quantitative estimate of drug-likeness (QED) is 0.808. The van der Waals surface area contributed by atoms with Gasteiger partial charge in [-0.05, 0) is 29.7 Å². The highest BCUT2D eigenvalue weighted by Gasteiger charge is 2.09. The largest absolute Gasteiger partial charge is 0.445 e. The zero-order valence-corrected chi connectivity index (χ0v) is 13.5. The molecule has 0 N–H and O–H groups in total. The summed E-state index contributed by atoms with van der Waals surface area (Å²) in [6.07, 6.45) is 0.514. The number of nitrogens with zero attached hydrogens (tertiary/aromatic N) is 1. The number of ether oxygens (including phenoxy) is 1. The number of benzene rings is 2. The molecule has 0 aliphatic carbocycles. The zero-order chi connectivity index (χ0) is 15.1. The number of carbonyl (C=O) groups excluding carboxylic acids is 1. The van der Waals surface area contributed by atoms with Crippen molar-refractivity contribution < 1.29 is 9.53 Å². The van der Waals surface area contributed by atoms with Crippen molar-refractivity contribution in [3.63, 3.8) is 0 Å². The van der Waals surface area contributed by atoms with E-state index in [9.17, 15) is 4.79 Å². The zero-order valence-electron chi connectivity index (χ0n) is 12.0. The van der Waals surface area contributed by atoms with Crippen LogP contribution in [0.5, 0.6) is 0 Å². The Morgan fingerprint density at radius 2 is 1.71 bits per heavy atom. The molecular formula is C17H18BrNO2. The van der Waals surface area contributed by atoms with E-state index in [2.05, 4.69) is 15.9 Å². The van der Waals surface area contributed by atoms with Gasteiger partial charge in [0.25, 0.3) is 0 Å². The summed E-state index contributed by atoms with van der Waals surface area (Å²) in [7, 11) is 1.76. The molecule has 0 bridgehead atoms. The SMILES string of the molecule is CN(CCc1ccc(Br)cc1)C(=O)OCc1ccccc1. The van der Waals surface area contributed by atoms with Crippen LogP contribution in [0.15, 0.2) is 59.1 Å². The third-order valence-corrected chi connectivity index (χ3v) is 3.69. The molecule has 0 heterocycles. The second kappa shape index (κ2) is 7.84. The van der Waals surface area contributed by atoms with Gasteiger partial charge in [-0.25, -0.2) is 4.79 Å². The third-order valence-electron chi connectivity index (χ3n) is 3.17. The number of hydrogen-bond donors (Lipinski definition) is 0. The number of likely N-dealkylation sites (N-methyl/N-ethyl adjacent to an activating group) is 1. The Hall–Kier alpha value is -1.81. The van der Waals surface area contributed by atoms with Crippen molar-refractivity contribution in [3.05, 3.63) is 70.2 Å². The highest BCUT2D eigenvalue weighted by molar-refractivity contribution is 9.10. The van der Waals surface area contributed by atoms with Gasteiger partial charge in [-0.15, -0.1) is 0 Å². The molecule has 0 aliphatic rings. The van der Waals surface area contributed by atoms with Crippen LogP contribution in [-0.4, -0.2) is 24.6 Å². The molecule has 4 heteroatoms.